The molecule has 0 saturated carbocycles. The summed E-state index contributed by atoms with van der Waals surface area (Å²) in [5.41, 5.74) is 7.47. The molecule has 0 spiro atoms. The number of aromatic amines is 1. The minimum absolute atomic E-state index is 0.0522. The SMILES string of the molecule is CCC(c1nnnn1CCc1ccccc1)N(Cc1ccc(C)cc1)Cc1cc2c(C)ccc(C)c2[nH]c1=O. The lowest BCUT2D eigenvalue weighted by molar-refractivity contribution is 0.160. The fraction of sp³-hybridized carbons (Fsp3) is 0.312. The number of hydrogen-bond acceptors (Lipinski definition) is 5. The van der Waals surface area contributed by atoms with Crippen molar-refractivity contribution in [1.82, 2.24) is 30.1 Å². The molecule has 200 valence electrons. The Hall–Kier alpha value is -4.10. The average molecular weight is 521 g/mol. The van der Waals surface area contributed by atoms with E-state index < -0.39 is 0 Å². The molecule has 7 nitrogen and oxygen atoms in total. The van der Waals surface area contributed by atoms with Gasteiger partial charge in [0.1, 0.15) is 0 Å². The Labute approximate surface area is 229 Å². The van der Waals surface area contributed by atoms with E-state index in [9.17, 15) is 4.79 Å². The van der Waals surface area contributed by atoms with Gasteiger partial charge in [0.05, 0.1) is 11.6 Å². The summed E-state index contributed by atoms with van der Waals surface area (Å²) in [6, 6.07) is 25.1. The van der Waals surface area contributed by atoms with Gasteiger partial charge in [0.2, 0.25) is 0 Å². The van der Waals surface area contributed by atoms with E-state index in [1.165, 1.54) is 16.7 Å². The first-order valence-electron chi connectivity index (χ1n) is 13.6. The van der Waals surface area contributed by atoms with Crippen molar-refractivity contribution in [3.63, 3.8) is 0 Å². The molecule has 2 heterocycles. The summed E-state index contributed by atoms with van der Waals surface area (Å²) < 4.78 is 1.92. The molecule has 3 aromatic carbocycles. The molecule has 0 radical (unpaired) electrons. The lowest BCUT2D eigenvalue weighted by Gasteiger charge is -2.30. The van der Waals surface area contributed by atoms with Crippen molar-refractivity contribution < 1.29 is 0 Å². The Morgan fingerprint density at radius 3 is 2.38 bits per heavy atom. The lowest BCUT2D eigenvalue weighted by atomic mass is 10.0. The Morgan fingerprint density at radius 2 is 1.64 bits per heavy atom. The summed E-state index contributed by atoms with van der Waals surface area (Å²) >= 11 is 0. The third kappa shape index (κ3) is 5.99. The maximum Gasteiger partial charge on any atom is 0.252 e. The lowest BCUT2D eigenvalue weighted by Crippen LogP contribution is -2.32. The normalized spacial score (nSPS) is 12.3. The van der Waals surface area contributed by atoms with Gasteiger partial charge in [-0.2, -0.15) is 0 Å². The van der Waals surface area contributed by atoms with E-state index >= 15 is 0 Å². The molecule has 1 atom stereocenters. The quantitative estimate of drug-likeness (QED) is 0.250. The second-order valence-corrected chi connectivity index (χ2v) is 10.4. The number of tetrazole rings is 1. The standard InChI is InChI=1S/C32H36N6O/c1-5-29(31-34-35-36-38(31)18-17-25-9-7-6-8-10-25)37(20-26-15-11-22(2)12-16-26)21-27-19-28-23(3)13-14-24(4)30(28)33-32(27)39/h6-16,19,29H,5,17-18,20-21H2,1-4H3,(H,33,39). The smallest absolute Gasteiger partial charge is 0.252 e. The monoisotopic (exact) mass is 520 g/mol. The van der Waals surface area contributed by atoms with Crippen molar-refractivity contribution in [3.05, 3.63) is 122 Å². The molecule has 7 heteroatoms. The molecule has 0 aliphatic heterocycles. The molecule has 5 aromatic rings. The van der Waals surface area contributed by atoms with Gasteiger partial charge < -0.3 is 4.98 Å². The van der Waals surface area contributed by atoms with Crippen molar-refractivity contribution in [2.75, 3.05) is 0 Å². The maximum absolute atomic E-state index is 13.3. The van der Waals surface area contributed by atoms with Crippen molar-refractivity contribution >= 4 is 10.9 Å². The van der Waals surface area contributed by atoms with Gasteiger partial charge >= 0.3 is 0 Å². The minimum atomic E-state index is -0.0641. The molecular formula is C32H36N6O. The number of rotatable bonds is 10. The zero-order valence-electron chi connectivity index (χ0n) is 23.2. The number of nitrogens with zero attached hydrogens (tertiary/aromatic N) is 5. The van der Waals surface area contributed by atoms with Crippen LogP contribution >= 0.6 is 0 Å². The van der Waals surface area contributed by atoms with Crippen molar-refractivity contribution in [2.24, 2.45) is 0 Å². The van der Waals surface area contributed by atoms with Gasteiger partial charge in [-0.3, -0.25) is 9.69 Å². The van der Waals surface area contributed by atoms with Crippen LogP contribution in [0.5, 0.6) is 0 Å². The molecule has 0 aliphatic carbocycles. The summed E-state index contributed by atoms with van der Waals surface area (Å²) in [4.78, 5) is 18.8. The van der Waals surface area contributed by atoms with E-state index in [1.54, 1.807) is 0 Å². The van der Waals surface area contributed by atoms with Gasteiger partial charge in [-0.1, -0.05) is 79.2 Å². The van der Waals surface area contributed by atoms with Crippen LogP contribution in [0, 0.1) is 20.8 Å². The molecule has 5 rings (SSSR count). The second-order valence-electron chi connectivity index (χ2n) is 10.4. The van der Waals surface area contributed by atoms with Crippen molar-refractivity contribution in [3.8, 4) is 0 Å². The van der Waals surface area contributed by atoms with E-state index in [1.807, 2.05) is 17.7 Å². The number of hydrogen-bond donors (Lipinski definition) is 1. The number of benzene rings is 3. The highest BCUT2D eigenvalue weighted by atomic mass is 16.1. The Morgan fingerprint density at radius 1 is 0.897 bits per heavy atom. The summed E-state index contributed by atoms with van der Waals surface area (Å²) in [5.74, 6) is 0.824. The summed E-state index contributed by atoms with van der Waals surface area (Å²) in [6.07, 6.45) is 1.65. The Balaban J connectivity index is 1.50. The van der Waals surface area contributed by atoms with Gasteiger partial charge in [-0.15, -0.1) is 5.10 Å². The zero-order chi connectivity index (χ0) is 27.4. The van der Waals surface area contributed by atoms with Gasteiger partial charge in [0.15, 0.2) is 5.82 Å². The second kappa shape index (κ2) is 11.7. The van der Waals surface area contributed by atoms with Crippen LogP contribution in [0.25, 0.3) is 10.9 Å². The van der Waals surface area contributed by atoms with E-state index in [2.05, 4.69) is 113 Å². The molecule has 0 bridgehead atoms. The molecular weight excluding hydrogens is 484 g/mol. The largest absolute Gasteiger partial charge is 0.321 e. The van der Waals surface area contributed by atoms with E-state index in [0.717, 1.165) is 46.3 Å². The van der Waals surface area contributed by atoms with Crippen molar-refractivity contribution in [1.29, 1.82) is 0 Å². The maximum atomic E-state index is 13.3. The highest BCUT2D eigenvalue weighted by molar-refractivity contribution is 5.85. The zero-order valence-corrected chi connectivity index (χ0v) is 23.2. The van der Waals surface area contributed by atoms with Crippen LogP contribution in [-0.4, -0.2) is 30.1 Å². The van der Waals surface area contributed by atoms with Crippen LogP contribution in [0.1, 0.15) is 58.6 Å². The predicted octanol–water partition coefficient (Wildman–Crippen LogP) is 5.84. The first-order chi connectivity index (χ1) is 18.9. The van der Waals surface area contributed by atoms with E-state index in [4.69, 9.17) is 0 Å². The van der Waals surface area contributed by atoms with Crippen molar-refractivity contribution in [2.45, 2.75) is 66.2 Å². The van der Waals surface area contributed by atoms with E-state index in [0.29, 0.717) is 19.6 Å². The topological polar surface area (TPSA) is 79.7 Å². The summed E-state index contributed by atoms with van der Waals surface area (Å²) in [6.45, 7) is 10.2. The molecule has 0 saturated heterocycles. The van der Waals surface area contributed by atoms with Crippen LogP contribution < -0.4 is 5.56 Å². The summed E-state index contributed by atoms with van der Waals surface area (Å²) in [5, 5.41) is 14.0. The number of aromatic nitrogens is 5. The number of aryl methyl sites for hydroxylation is 5. The van der Waals surface area contributed by atoms with Gasteiger partial charge in [0.25, 0.3) is 5.56 Å². The molecule has 1 unspecified atom stereocenters. The number of H-pyrrole nitrogens is 1. The number of nitrogens with one attached hydrogen (secondary N) is 1. The molecule has 0 aliphatic rings. The van der Waals surface area contributed by atoms with E-state index in [-0.39, 0.29) is 11.6 Å². The Bertz CT molecular complexity index is 1600. The fourth-order valence-corrected chi connectivity index (χ4v) is 5.25. The molecule has 1 N–H and O–H groups in total. The average Bonchev–Trinajstić information content (AvgIpc) is 3.41. The predicted molar refractivity (Wildman–Crippen MR) is 155 cm³/mol. The third-order valence-corrected chi connectivity index (χ3v) is 7.54. The van der Waals surface area contributed by atoms with Gasteiger partial charge in [0, 0.05) is 30.6 Å². The van der Waals surface area contributed by atoms with Gasteiger partial charge in [-0.05, 0) is 72.4 Å². The van der Waals surface area contributed by atoms with Crippen LogP contribution in [0.4, 0.5) is 0 Å². The number of pyridine rings is 1. The molecule has 2 aromatic heterocycles. The van der Waals surface area contributed by atoms with Crippen LogP contribution in [0.3, 0.4) is 0 Å². The molecule has 39 heavy (non-hydrogen) atoms. The van der Waals surface area contributed by atoms with Crippen LogP contribution in [-0.2, 0) is 26.1 Å². The third-order valence-electron chi connectivity index (χ3n) is 7.54. The summed E-state index contributed by atoms with van der Waals surface area (Å²) in [7, 11) is 0. The first kappa shape index (κ1) is 26.5. The highest BCUT2D eigenvalue weighted by Gasteiger charge is 2.26. The Kier molecular flexibility index (Phi) is 7.98. The fourth-order valence-electron chi connectivity index (χ4n) is 5.25. The highest BCUT2D eigenvalue weighted by Crippen LogP contribution is 2.27. The molecule has 0 amide bonds. The minimum Gasteiger partial charge on any atom is -0.321 e. The first-order valence-corrected chi connectivity index (χ1v) is 13.6. The molecule has 0 fully saturated rings. The van der Waals surface area contributed by atoms with Crippen LogP contribution in [0.2, 0.25) is 0 Å². The number of fused-ring (bicyclic) bond motifs is 1. The van der Waals surface area contributed by atoms with Gasteiger partial charge in [-0.25, -0.2) is 4.68 Å². The van der Waals surface area contributed by atoms with Crippen LogP contribution in [0.15, 0.2) is 77.6 Å².